The molecule has 0 aliphatic carbocycles. The largest absolute Gasteiger partial charge is 0.395 e. The van der Waals surface area contributed by atoms with Crippen LogP contribution in [-0.4, -0.2) is 43.1 Å². The molecule has 0 aliphatic rings. The van der Waals surface area contributed by atoms with Gasteiger partial charge < -0.3 is 15.5 Å². The second-order valence-corrected chi connectivity index (χ2v) is 7.64. The molecule has 0 amide bonds. The van der Waals surface area contributed by atoms with E-state index >= 15 is 0 Å². The molecule has 1 unspecified atom stereocenters. The average Bonchev–Trinajstić information content (AvgIpc) is 2.62. The smallest absolute Gasteiger partial charge is 0.263 e. The van der Waals surface area contributed by atoms with Gasteiger partial charge in [-0.1, -0.05) is 24.3 Å². The van der Waals surface area contributed by atoms with E-state index in [4.69, 9.17) is 5.11 Å². The van der Waals surface area contributed by atoms with Crippen molar-refractivity contribution in [3.05, 3.63) is 59.7 Å². The molecule has 0 saturated carbocycles. The number of anilines is 1. The van der Waals surface area contributed by atoms with Crippen LogP contribution in [0.25, 0.3) is 0 Å². The van der Waals surface area contributed by atoms with Gasteiger partial charge in [-0.3, -0.25) is 0 Å². The molecule has 2 rings (SSSR count). The molecule has 26 heavy (non-hydrogen) atoms. The Hall–Kier alpha value is -2.07. The molecule has 0 aliphatic heterocycles. The Bertz CT molecular complexity index is 846. The molecule has 142 valence electrons. The van der Waals surface area contributed by atoms with Crippen LogP contribution in [0.4, 0.5) is 14.5 Å². The quantitative estimate of drug-likeness (QED) is 0.606. The first kappa shape index (κ1) is 20.2. The number of alkyl halides is 2. The number of aliphatic hydroxyl groups excluding tert-OH is 2. The van der Waals surface area contributed by atoms with Crippen LogP contribution in [0.2, 0.25) is 0 Å². The van der Waals surface area contributed by atoms with E-state index in [2.05, 4.69) is 5.32 Å². The lowest BCUT2D eigenvalue weighted by molar-refractivity contribution is 0.151. The Morgan fingerprint density at radius 1 is 1.12 bits per heavy atom. The maximum atomic E-state index is 12.8. The van der Waals surface area contributed by atoms with Crippen LogP contribution in [0.3, 0.4) is 0 Å². The summed E-state index contributed by atoms with van der Waals surface area (Å²) in [7, 11) is -2.48. The summed E-state index contributed by atoms with van der Waals surface area (Å²) in [6.45, 7) is -0.381. The number of hydrogen-bond donors (Lipinski definition) is 3. The van der Waals surface area contributed by atoms with Crippen LogP contribution in [0.15, 0.2) is 53.4 Å². The van der Waals surface area contributed by atoms with Crippen LogP contribution in [-0.2, 0) is 10.0 Å². The van der Waals surface area contributed by atoms with E-state index in [1.165, 1.54) is 55.6 Å². The highest BCUT2D eigenvalue weighted by Gasteiger charge is 2.21. The summed E-state index contributed by atoms with van der Waals surface area (Å²) in [5, 5.41) is 21.9. The van der Waals surface area contributed by atoms with Crippen molar-refractivity contribution in [2.75, 3.05) is 25.5 Å². The van der Waals surface area contributed by atoms with Gasteiger partial charge in [0.1, 0.15) is 0 Å². The second-order valence-electron chi connectivity index (χ2n) is 5.60. The molecular weight excluding hydrogens is 366 g/mol. The fourth-order valence-corrected chi connectivity index (χ4v) is 3.51. The van der Waals surface area contributed by atoms with Crippen molar-refractivity contribution >= 4 is 15.7 Å². The lowest BCUT2D eigenvalue weighted by atomic mass is 10.1. The normalized spacial score (nSPS) is 13.2. The summed E-state index contributed by atoms with van der Waals surface area (Å²) in [5.74, 6) is 0. The lowest BCUT2D eigenvalue weighted by Gasteiger charge is -2.19. The van der Waals surface area contributed by atoms with Gasteiger partial charge in [0.2, 0.25) is 10.0 Å². The van der Waals surface area contributed by atoms with E-state index in [0.29, 0.717) is 0 Å². The van der Waals surface area contributed by atoms with Gasteiger partial charge >= 0.3 is 0 Å². The monoisotopic (exact) mass is 386 g/mol. The van der Waals surface area contributed by atoms with Crippen LogP contribution in [0.1, 0.15) is 23.8 Å². The van der Waals surface area contributed by atoms with Crippen molar-refractivity contribution < 1.29 is 27.4 Å². The van der Waals surface area contributed by atoms with Gasteiger partial charge in [0.15, 0.2) is 6.23 Å². The Balaban J connectivity index is 2.23. The Morgan fingerprint density at radius 3 is 2.42 bits per heavy atom. The third-order valence-electron chi connectivity index (χ3n) is 3.74. The molecule has 2 aromatic carbocycles. The summed E-state index contributed by atoms with van der Waals surface area (Å²) >= 11 is 0. The zero-order valence-corrected chi connectivity index (χ0v) is 14.8. The van der Waals surface area contributed by atoms with Crippen LogP contribution >= 0.6 is 0 Å². The summed E-state index contributed by atoms with van der Waals surface area (Å²) in [6, 6.07) is 11.1. The maximum absolute atomic E-state index is 12.8. The maximum Gasteiger partial charge on any atom is 0.263 e. The number of nitrogens with one attached hydrogen (secondary N) is 1. The number of benzene rings is 2. The van der Waals surface area contributed by atoms with E-state index in [0.717, 1.165) is 4.31 Å². The number of hydrogen-bond acceptors (Lipinski definition) is 5. The minimum atomic E-state index is -3.81. The molecular formula is C17H20F2N2O4S. The average molecular weight is 386 g/mol. The molecule has 0 fully saturated rings. The number of likely N-dealkylation sites (N-methyl/N-ethyl adjacent to an activating group) is 1. The van der Waals surface area contributed by atoms with E-state index in [9.17, 15) is 22.3 Å². The van der Waals surface area contributed by atoms with Gasteiger partial charge in [-0.05, 0) is 24.3 Å². The van der Waals surface area contributed by atoms with E-state index < -0.39 is 22.7 Å². The number of halogens is 2. The molecule has 0 heterocycles. The fourth-order valence-electron chi connectivity index (χ4n) is 2.29. The zero-order chi connectivity index (χ0) is 19.3. The highest BCUT2D eigenvalue weighted by atomic mass is 32.2. The van der Waals surface area contributed by atoms with Gasteiger partial charge in [0.05, 0.1) is 11.5 Å². The first-order valence-corrected chi connectivity index (χ1v) is 9.19. The van der Waals surface area contributed by atoms with Crippen molar-refractivity contribution in [1.82, 2.24) is 4.31 Å². The topological polar surface area (TPSA) is 89.9 Å². The summed E-state index contributed by atoms with van der Waals surface area (Å²) in [6.07, 6.45) is -3.93. The van der Waals surface area contributed by atoms with E-state index in [1.54, 1.807) is 0 Å². The molecule has 0 aromatic heterocycles. The molecule has 2 aromatic rings. The molecule has 3 N–H and O–H groups in total. The Labute approximate surface area is 150 Å². The number of aliphatic hydroxyl groups is 2. The lowest BCUT2D eigenvalue weighted by Crippen LogP contribution is -2.29. The molecule has 9 heteroatoms. The molecule has 0 bridgehead atoms. The SMILES string of the molecule is CN(CCO)S(=O)(=O)c1cccc(C(O)Nc2cccc(C(F)F)c2)c1. The van der Waals surface area contributed by atoms with Crippen molar-refractivity contribution in [3.63, 3.8) is 0 Å². The number of sulfonamides is 1. The summed E-state index contributed by atoms with van der Waals surface area (Å²) < 4.78 is 51.3. The Kier molecular flexibility index (Phi) is 6.65. The first-order chi connectivity index (χ1) is 12.3. The van der Waals surface area contributed by atoms with E-state index in [1.807, 2.05) is 0 Å². The van der Waals surface area contributed by atoms with Crippen molar-refractivity contribution in [2.45, 2.75) is 17.5 Å². The minimum absolute atomic E-state index is 0.0480. The second kappa shape index (κ2) is 8.54. The van der Waals surface area contributed by atoms with Gasteiger partial charge in [-0.15, -0.1) is 0 Å². The Morgan fingerprint density at radius 2 is 1.77 bits per heavy atom. The predicted octanol–water partition coefficient (Wildman–Crippen LogP) is 2.34. The molecule has 1 atom stereocenters. The number of rotatable bonds is 8. The highest BCUT2D eigenvalue weighted by molar-refractivity contribution is 7.89. The van der Waals surface area contributed by atoms with Crippen LogP contribution in [0, 0.1) is 0 Å². The van der Waals surface area contributed by atoms with Gasteiger partial charge in [-0.25, -0.2) is 17.2 Å². The third-order valence-corrected chi connectivity index (χ3v) is 5.59. The highest BCUT2D eigenvalue weighted by Crippen LogP contribution is 2.25. The zero-order valence-electron chi connectivity index (χ0n) is 14.0. The molecule has 0 radical (unpaired) electrons. The summed E-state index contributed by atoms with van der Waals surface area (Å²) in [4.78, 5) is -0.0480. The fraction of sp³-hybridized carbons (Fsp3) is 0.294. The van der Waals surface area contributed by atoms with Crippen LogP contribution in [0.5, 0.6) is 0 Å². The number of nitrogens with zero attached hydrogens (tertiary/aromatic N) is 1. The van der Waals surface area contributed by atoms with Crippen LogP contribution < -0.4 is 5.32 Å². The molecule has 6 nitrogen and oxygen atoms in total. The predicted molar refractivity (Wildman–Crippen MR) is 93.3 cm³/mol. The van der Waals surface area contributed by atoms with Gasteiger partial charge in [0.25, 0.3) is 6.43 Å². The van der Waals surface area contributed by atoms with E-state index in [-0.39, 0.29) is 34.9 Å². The van der Waals surface area contributed by atoms with Gasteiger partial charge in [0, 0.05) is 30.4 Å². The standard InChI is InChI=1S/C17H20F2N2O4S/c1-21(8-9-22)26(24,25)15-7-3-5-13(11-15)17(23)20-14-6-2-4-12(10-14)16(18)19/h2-7,10-11,16-17,20,22-23H,8-9H2,1H3. The summed E-state index contributed by atoms with van der Waals surface area (Å²) in [5.41, 5.74) is 0.344. The molecule has 0 saturated heterocycles. The first-order valence-electron chi connectivity index (χ1n) is 7.75. The van der Waals surface area contributed by atoms with Crippen molar-refractivity contribution in [2.24, 2.45) is 0 Å². The van der Waals surface area contributed by atoms with Crippen molar-refractivity contribution in [1.29, 1.82) is 0 Å². The van der Waals surface area contributed by atoms with Crippen molar-refractivity contribution in [3.8, 4) is 0 Å². The third kappa shape index (κ3) is 4.76. The minimum Gasteiger partial charge on any atom is -0.395 e. The molecule has 0 spiro atoms. The van der Waals surface area contributed by atoms with Gasteiger partial charge in [-0.2, -0.15) is 4.31 Å².